The third kappa shape index (κ3) is 3.95. The molecule has 0 atom stereocenters. The van der Waals surface area contributed by atoms with Crippen LogP contribution in [0.3, 0.4) is 0 Å². The van der Waals surface area contributed by atoms with Crippen molar-refractivity contribution in [1.82, 2.24) is 9.97 Å². The lowest BCUT2D eigenvalue weighted by Crippen LogP contribution is -2.14. The molecule has 2 heterocycles. The lowest BCUT2D eigenvalue weighted by molar-refractivity contribution is -0.114. The maximum atomic E-state index is 12.4. The van der Waals surface area contributed by atoms with Crippen LogP contribution in [-0.2, 0) is 4.79 Å². The van der Waals surface area contributed by atoms with Crippen molar-refractivity contribution < 1.29 is 9.59 Å². The Balaban J connectivity index is 1.83. The summed E-state index contributed by atoms with van der Waals surface area (Å²) in [4.78, 5) is 43.2. The zero-order valence-electron chi connectivity index (χ0n) is 13.6. The van der Waals surface area contributed by atoms with Gasteiger partial charge in [0.1, 0.15) is 5.69 Å². The Morgan fingerprint density at radius 1 is 1.12 bits per heavy atom. The fourth-order valence-electron chi connectivity index (χ4n) is 2.17. The van der Waals surface area contributed by atoms with Crippen LogP contribution in [0.15, 0.2) is 53.3 Å². The van der Waals surface area contributed by atoms with Gasteiger partial charge in [-0.1, -0.05) is 12.1 Å². The lowest BCUT2D eigenvalue weighted by atomic mass is 10.1. The van der Waals surface area contributed by atoms with Gasteiger partial charge < -0.3 is 5.32 Å². The van der Waals surface area contributed by atoms with E-state index >= 15 is 0 Å². The molecule has 0 bridgehead atoms. The predicted molar refractivity (Wildman–Crippen MR) is 99.5 cm³/mol. The molecule has 0 saturated heterocycles. The van der Waals surface area contributed by atoms with Crippen LogP contribution in [0.25, 0.3) is 10.4 Å². The molecule has 0 spiro atoms. The third-order valence-electron chi connectivity index (χ3n) is 3.35. The van der Waals surface area contributed by atoms with Gasteiger partial charge in [-0.25, -0.2) is 9.97 Å². The van der Waals surface area contributed by atoms with Crippen molar-refractivity contribution in [3.05, 3.63) is 58.6 Å². The molecule has 0 aliphatic heterocycles. The minimum Gasteiger partial charge on any atom is -0.320 e. The van der Waals surface area contributed by atoms with E-state index in [4.69, 9.17) is 0 Å². The number of nitrogens with zero attached hydrogens (tertiary/aromatic N) is 3. The molecule has 1 aromatic carbocycles. The molecule has 3 rings (SSSR count). The van der Waals surface area contributed by atoms with Gasteiger partial charge in [0.2, 0.25) is 11.9 Å². The van der Waals surface area contributed by atoms with E-state index in [2.05, 4.69) is 25.8 Å². The molecule has 0 radical (unpaired) electrons. The molecule has 0 fully saturated rings. The molecule has 0 aliphatic carbocycles. The summed E-state index contributed by atoms with van der Waals surface area (Å²) < 4.78 is 0. The normalized spacial score (nSPS) is 10.2. The Bertz CT molecular complexity index is 955. The zero-order chi connectivity index (χ0) is 18.5. The number of carbonyl (C=O) groups is 2. The first-order valence-electron chi connectivity index (χ1n) is 7.49. The van der Waals surface area contributed by atoms with Crippen LogP contribution in [0.4, 0.5) is 17.3 Å². The largest absolute Gasteiger partial charge is 0.320 e. The van der Waals surface area contributed by atoms with E-state index in [9.17, 15) is 14.5 Å². The number of hydrogen-bond acceptors (Lipinski definition) is 7. The SMILES string of the molecule is CC(=O)Nc1ncc(C(=O)Nc2cc(-c3cccs3)ccc2N=O)cn1. The van der Waals surface area contributed by atoms with Crippen molar-refractivity contribution in [2.75, 3.05) is 10.6 Å². The van der Waals surface area contributed by atoms with E-state index in [1.165, 1.54) is 19.3 Å². The summed E-state index contributed by atoms with van der Waals surface area (Å²) in [5.74, 6) is -0.703. The van der Waals surface area contributed by atoms with Crippen LogP contribution in [0.5, 0.6) is 0 Å². The van der Waals surface area contributed by atoms with E-state index in [-0.39, 0.29) is 23.1 Å². The Labute approximate surface area is 152 Å². The minimum atomic E-state index is -0.493. The quantitative estimate of drug-likeness (QED) is 0.666. The minimum absolute atomic E-state index is 0.101. The Morgan fingerprint density at radius 2 is 1.88 bits per heavy atom. The Hall–Kier alpha value is -3.46. The molecule has 0 aliphatic rings. The van der Waals surface area contributed by atoms with E-state index in [1.807, 2.05) is 17.5 Å². The number of anilines is 2. The Kier molecular flexibility index (Phi) is 5.09. The highest BCUT2D eigenvalue weighted by molar-refractivity contribution is 7.13. The molecule has 2 amide bonds. The molecular formula is C17H13N5O3S. The predicted octanol–water partition coefficient (Wildman–Crippen LogP) is 3.81. The number of thiophene rings is 1. The molecule has 2 N–H and O–H groups in total. The van der Waals surface area contributed by atoms with Crippen LogP contribution in [0.1, 0.15) is 17.3 Å². The average molecular weight is 367 g/mol. The van der Waals surface area contributed by atoms with Gasteiger partial charge in [0.15, 0.2) is 0 Å². The average Bonchev–Trinajstić information content (AvgIpc) is 3.16. The Morgan fingerprint density at radius 3 is 2.50 bits per heavy atom. The highest BCUT2D eigenvalue weighted by Gasteiger charge is 2.13. The van der Waals surface area contributed by atoms with Crippen molar-refractivity contribution >= 4 is 40.5 Å². The number of carbonyl (C=O) groups excluding carboxylic acids is 2. The molecular weight excluding hydrogens is 354 g/mol. The summed E-state index contributed by atoms with van der Waals surface area (Å²) in [5, 5.41) is 9.94. The first-order valence-corrected chi connectivity index (χ1v) is 8.37. The maximum Gasteiger partial charge on any atom is 0.258 e. The summed E-state index contributed by atoms with van der Waals surface area (Å²) in [6.45, 7) is 1.33. The maximum absolute atomic E-state index is 12.4. The molecule has 2 aromatic heterocycles. The number of hydrogen-bond donors (Lipinski definition) is 2. The second-order valence-electron chi connectivity index (χ2n) is 5.23. The monoisotopic (exact) mass is 367 g/mol. The van der Waals surface area contributed by atoms with Gasteiger partial charge in [-0.3, -0.25) is 14.9 Å². The van der Waals surface area contributed by atoms with Crippen LogP contribution in [0, 0.1) is 4.91 Å². The number of aromatic nitrogens is 2. The van der Waals surface area contributed by atoms with Crippen molar-refractivity contribution in [3.8, 4) is 10.4 Å². The van der Waals surface area contributed by atoms with Crippen LogP contribution < -0.4 is 10.6 Å². The second-order valence-corrected chi connectivity index (χ2v) is 6.18. The molecule has 3 aromatic rings. The first kappa shape index (κ1) is 17.4. The van der Waals surface area contributed by atoms with Crippen molar-refractivity contribution in [1.29, 1.82) is 0 Å². The van der Waals surface area contributed by atoms with E-state index in [1.54, 1.807) is 29.5 Å². The van der Waals surface area contributed by atoms with Gasteiger partial charge in [-0.2, -0.15) is 0 Å². The highest BCUT2D eigenvalue weighted by atomic mass is 32.1. The van der Waals surface area contributed by atoms with Gasteiger partial charge in [0.05, 0.1) is 11.3 Å². The van der Waals surface area contributed by atoms with Gasteiger partial charge in [0, 0.05) is 24.2 Å². The lowest BCUT2D eigenvalue weighted by Gasteiger charge is -2.09. The van der Waals surface area contributed by atoms with Crippen molar-refractivity contribution in [2.24, 2.45) is 5.18 Å². The number of amides is 2. The molecule has 0 unspecified atom stereocenters. The van der Waals surface area contributed by atoms with Crippen molar-refractivity contribution in [2.45, 2.75) is 6.92 Å². The molecule has 130 valence electrons. The molecule has 9 heteroatoms. The molecule has 26 heavy (non-hydrogen) atoms. The number of benzene rings is 1. The van der Waals surface area contributed by atoms with Gasteiger partial charge >= 0.3 is 0 Å². The summed E-state index contributed by atoms with van der Waals surface area (Å²) in [6, 6.07) is 8.86. The third-order valence-corrected chi connectivity index (χ3v) is 4.27. The standard InChI is InChI=1S/C17H13N5O3S/c1-10(23)20-17-18-8-12(9-19-17)16(24)21-14-7-11(4-5-13(14)22-25)15-3-2-6-26-15/h2-9H,1H3,(H,21,24)(H,18,19,20,23). The molecule has 0 saturated carbocycles. The summed E-state index contributed by atoms with van der Waals surface area (Å²) in [5.41, 5.74) is 1.45. The van der Waals surface area contributed by atoms with Gasteiger partial charge in [-0.15, -0.1) is 16.2 Å². The number of nitrogens with one attached hydrogen (secondary N) is 2. The fraction of sp³-hybridized carbons (Fsp3) is 0.0588. The van der Waals surface area contributed by atoms with E-state index in [0.717, 1.165) is 10.4 Å². The summed E-state index contributed by atoms with van der Waals surface area (Å²) in [6.07, 6.45) is 2.56. The second kappa shape index (κ2) is 7.62. The van der Waals surface area contributed by atoms with Crippen LogP contribution >= 0.6 is 11.3 Å². The fourth-order valence-corrected chi connectivity index (χ4v) is 2.90. The van der Waals surface area contributed by atoms with Crippen molar-refractivity contribution in [3.63, 3.8) is 0 Å². The van der Waals surface area contributed by atoms with Gasteiger partial charge in [-0.05, 0) is 34.3 Å². The van der Waals surface area contributed by atoms with Crippen LogP contribution in [-0.4, -0.2) is 21.8 Å². The first-order chi connectivity index (χ1) is 12.6. The summed E-state index contributed by atoms with van der Waals surface area (Å²) >= 11 is 1.54. The zero-order valence-corrected chi connectivity index (χ0v) is 14.4. The highest BCUT2D eigenvalue weighted by Crippen LogP contribution is 2.33. The van der Waals surface area contributed by atoms with Gasteiger partial charge in [0.25, 0.3) is 5.91 Å². The number of rotatable bonds is 5. The summed E-state index contributed by atoms with van der Waals surface area (Å²) in [7, 11) is 0. The molecule has 8 nitrogen and oxygen atoms in total. The number of nitroso groups, excluding NO2 is 1. The van der Waals surface area contributed by atoms with E-state index < -0.39 is 5.91 Å². The van der Waals surface area contributed by atoms with Crippen LogP contribution in [0.2, 0.25) is 0 Å². The smallest absolute Gasteiger partial charge is 0.258 e. The topological polar surface area (TPSA) is 113 Å². The van der Waals surface area contributed by atoms with E-state index in [0.29, 0.717) is 5.69 Å².